The first-order valence-corrected chi connectivity index (χ1v) is 10.1. The average Bonchev–Trinajstić information content (AvgIpc) is 2.72. The Morgan fingerprint density at radius 1 is 1.07 bits per heavy atom. The Bertz CT molecular complexity index is 828. The maximum atomic E-state index is 13.0. The molecule has 0 saturated carbocycles. The van der Waals surface area contributed by atoms with Crippen molar-refractivity contribution < 1.29 is 14.0 Å². The number of nitrogens with zero attached hydrogens (tertiary/aromatic N) is 2. The summed E-state index contributed by atoms with van der Waals surface area (Å²) < 4.78 is 13.0. The van der Waals surface area contributed by atoms with Crippen molar-refractivity contribution in [2.24, 2.45) is 5.92 Å². The minimum Gasteiger partial charge on any atom is -0.372 e. The van der Waals surface area contributed by atoms with Gasteiger partial charge in [0.2, 0.25) is 5.91 Å². The standard InChI is InChI=1S/C23H28FN3O2/c1-17-11-14-26(15-12-17)21-7-9-22(10-8-21)27(18(2)28)16-13-25-23(29)19-3-5-20(24)6-4-19/h3-10,17H,11-16H2,1-2H3,(H,25,29). The lowest BCUT2D eigenvalue weighted by atomic mass is 9.99. The van der Waals surface area contributed by atoms with Gasteiger partial charge in [0.25, 0.3) is 5.91 Å². The van der Waals surface area contributed by atoms with Crippen LogP contribution in [-0.2, 0) is 4.79 Å². The molecule has 0 bridgehead atoms. The van der Waals surface area contributed by atoms with Crippen LogP contribution in [0.25, 0.3) is 0 Å². The summed E-state index contributed by atoms with van der Waals surface area (Å²) in [4.78, 5) is 28.3. The maximum absolute atomic E-state index is 13.0. The zero-order chi connectivity index (χ0) is 20.8. The Labute approximate surface area is 171 Å². The normalized spacial score (nSPS) is 14.5. The van der Waals surface area contributed by atoms with E-state index in [1.54, 1.807) is 4.90 Å². The number of anilines is 2. The highest BCUT2D eigenvalue weighted by Crippen LogP contribution is 2.25. The molecule has 1 fully saturated rings. The lowest BCUT2D eigenvalue weighted by Gasteiger charge is -2.32. The summed E-state index contributed by atoms with van der Waals surface area (Å²) in [5, 5.41) is 2.78. The van der Waals surface area contributed by atoms with Crippen molar-refractivity contribution in [1.82, 2.24) is 5.32 Å². The molecule has 0 radical (unpaired) electrons. The van der Waals surface area contributed by atoms with Gasteiger partial charge in [-0.25, -0.2) is 4.39 Å². The molecule has 1 heterocycles. The zero-order valence-electron chi connectivity index (χ0n) is 17.0. The second kappa shape index (κ2) is 9.54. The van der Waals surface area contributed by atoms with E-state index in [1.807, 2.05) is 12.1 Å². The van der Waals surface area contributed by atoms with Gasteiger partial charge >= 0.3 is 0 Å². The molecule has 2 aromatic rings. The van der Waals surface area contributed by atoms with Crippen LogP contribution < -0.4 is 15.1 Å². The van der Waals surface area contributed by atoms with E-state index in [4.69, 9.17) is 0 Å². The lowest BCUT2D eigenvalue weighted by molar-refractivity contribution is -0.116. The Morgan fingerprint density at radius 3 is 2.28 bits per heavy atom. The fourth-order valence-electron chi connectivity index (χ4n) is 3.56. The molecule has 0 aliphatic carbocycles. The van der Waals surface area contributed by atoms with Crippen molar-refractivity contribution in [2.45, 2.75) is 26.7 Å². The van der Waals surface area contributed by atoms with Crippen LogP contribution in [0.4, 0.5) is 15.8 Å². The minimum atomic E-state index is -0.383. The quantitative estimate of drug-likeness (QED) is 0.806. The highest BCUT2D eigenvalue weighted by Gasteiger charge is 2.17. The molecule has 0 unspecified atom stereocenters. The third-order valence-electron chi connectivity index (χ3n) is 5.42. The van der Waals surface area contributed by atoms with Gasteiger partial charge in [0.05, 0.1) is 0 Å². The van der Waals surface area contributed by atoms with E-state index in [2.05, 4.69) is 29.3 Å². The molecule has 1 aliphatic rings. The van der Waals surface area contributed by atoms with Crippen LogP contribution in [0.5, 0.6) is 0 Å². The van der Waals surface area contributed by atoms with Crippen molar-refractivity contribution in [3.8, 4) is 0 Å². The zero-order valence-corrected chi connectivity index (χ0v) is 17.0. The predicted octanol–water partition coefficient (Wildman–Crippen LogP) is 3.84. The van der Waals surface area contributed by atoms with E-state index in [0.29, 0.717) is 18.7 Å². The molecular formula is C23H28FN3O2. The molecule has 2 aromatic carbocycles. The van der Waals surface area contributed by atoms with Crippen molar-refractivity contribution in [3.63, 3.8) is 0 Å². The lowest BCUT2D eigenvalue weighted by Crippen LogP contribution is -2.37. The van der Waals surface area contributed by atoms with E-state index in [0.717, 1.165) is 24.7 Å². The third kappa shape index (κ3) is 5.56. The molecule has 1 saturated heterocycles. The smallest absolute Gasteiger partial charge is 0.251 e. The van der Waals surface area contributed by atoms with Crippen LogP contribution >= 0.6 is 0 Å². The number of halogens is 1. The van der Waals surface area contributed by atoms with E-state index < -0.39 is 0 Å². The summed E-state index contributed by atoms with van der Waals surface area (Å²) in [6.45, 7) is 6.60. The Kier molecular flexibility index (Phi) is 6.86. The number of benzene rings is 2. The number of hydrogen-bond donors (Lipinski definition) is 1. The van der Waals surface area contributed by atoms with Crippen LogP contribution in [0, 0.1) is 11.7 Å². The molecule has 2 amide bonds. The van der Waals surface area contributed by atoms with Gasteiger partial charge in [-0.1, -0.05) is 6.92 Å². The van der Waals surface area contributed by atoms with E-state index in [1.165, 1.54) is 49.7 Å². The van der Waals surface area contributed by atoms with Crippen LogP contribution in [0.2, 0.25) is 0 Å². The molecule has 5 nitrogen and oxygen atoms in total. The number of nitrogens with one attached hydrogen (secondary N) is 1. The van der Waals surface area contributed by atoms with Gasteiger partial charge in [-0.15, -0.1) is 0 Å². The molecule has 0 aromatic heterocycles. The molecule has 3 rings (SSSR count). The van der Waals surface area contributed by atoms with Crippen LogP contribution in [0.3, 0.4) is 0 Å². The first-order chi connectivity index (χ1) is 13.9. The predicted molar refractivity (Wildman–Crippen MR) is 114 cm³/mol. The van der Waals surface area contributed by atoms with Crippen molar-refractivity contribution in [2.75, 3.05) is 36.0 Å². The fraction of sp³-hybridized carbons (Fsp3) is 0.391. The first kappa shape index (κ1) is 20.8. The van der Waals surface area contributed by atoms with Gasteiger partial charge in [-0.2, -0.15) is 0 Å². The molecule has 1 N–H and O–H groups in total. The Morgan fingerprint density at radius 2 is 1.69 bits per heavy atom. The Balaban J connectivity index is 1.57. The van der Waals surface area contributed by atoms with Crippen LogP contribution in [-0.4, -0.2) is 38.0 Å². The number of rotatable bonds is 6. The van der Waals surface area contributed by atoms with Crippen molar-refractivity contribution >= 4 is 23.2 Å². The molecule has 29 heavy (non-hydrogen) atoms. The number of hydrogen-bond acceptors (Lipinski definition) is 3. The van der Waals surface area contributed by atoms with E-state index >= 15 is 0 Å². The van der Waals surface area contributed by atoms with Gasteiger partial charge < -0.3 is 15.1 Å². The number of carbonyl (C=O) groups is 2. The molecule has 1 aliphatic heterocycles. The summed E-state index contributed by atoms with van der Waals surface area (Å²) in [5.74, 6) is 0.0272. The second-order valence-corrected chi connectivity index (χ2v) is 7.62. The second-order valence-electron chi connectivity index (χ2n) is 7.62. The fourth-order valence-corrected chi connectivity index (χ4v) is 3.56. The summed E-state index contributed by atoms with van der Waals surface area (Å²) >= 11 is 0. The van der Waals surface area contributed by atoms with Gasteiger partial charge in [-0.3, -0.25) is 9.59 Å². The topological polar surface area (TPSA) is 52.7 Å². The Hall–Kier alpha value is -2.89. The monoisotopic (exact) mass is 397 g/mol. The van der Waals surface area contributed by atoms with E-state index in [-0.39, 0.29) is 17.6 Å². The SMILES string of the molecule is CC(=O)N(CCNC(=O)c1ccc(F)cc1)c1ccc(N2CCC(C)CC2)cc1. The third-order valence-corrected chi connectivity index (χ3v) is 5.42. The maximum Gasteiger partial charge on any atom is 0.251 e. The molecule has 0 atom stereocenters. The average molecular weight is 397 g/mol. The molecular weight excluding hydrogens is 369 g/mol. The van der Waals surface area contributed by atoms with Gasteiger partial charge in [-0.05, 0) is 67.3 Å². The highest BCUT2D eigenvalue weighted by atomic mass is 19.1. The first-order valence-electron chi connectivity index (χ1n) is 10.1. The summed E-state index contributed by atoms with van der Waals surface area (Å²) in [7, 11) is 0. The molecule has 0 spiro atoms. The summed E-state index contributed by atoms with van der Waals surface area (Å²) in [6.07, 6.45) is 2.41. The van der Waals surface area contributed by atoms with E-state index in [9.17, 15) is 14.0 Å². The van der Waals surface area contributed by atoms with Gasteiger partial charge in [0.1, 0.15) is 5.82 Å². The van der Waals surface area contributed by atoms with Crippen LogP contribution in [0.1, 0.15) is 37.0 Å². The van der Waals surface area contributed by atoms with Crippen LogP contribution in [0.15, 0.2) is 48.5 Å². The number of amides is 2. The summed E-state index contributed by atoms with van der Waals surface area (Å²) in [6, 6.07) is 13.4. The minimum absolute atomic E-state index is 0.0828. The number of piperidine rings is 1. The van der Waals surface area contributed by atoms with Crippen molar-refractivity contribution in [3.05, 3.63) is 59.9 Å². The largest absolute Gasteiger partial charge is 0.372 e. The van der Waals surface area contributed by atoms with Crippen molar-refractivity contribution in [1.29, 1.82) is 0 Å². The highest BCUT2D eigenvalue weighted by molar-refractivity contribution is 5.94. The van der Waals surface area contributed by atoms with Gasteiger partial charge in [0.15, 0.2) is 0 Å². The molecule has 6 heteroatoms. The van der Waals surface area contributed by atoms with Gasteiger partial charge in [0, 0.05) is 50.0 Å². The summed E-state index contributed by atoms with van der Waals surface area (Å²) in [5.41, 5.74) is 2.37. The number of carbonyl (C=O) groups excluding carboxylic acids is 2. The molecule has 154 valence electrons.